The van der Waals surface area contributed by atoms with E-state index < -0.39 is 17.4 Å². The van der Waals surface area contributed by atoms with Gasteiger partial charge in [-0.1, -0.05) is 89.2 Å². The van der Waals surface area contributed by atoms with E-state index in [4.69, 9.17) is 4.74 Å². The number of para-hydroxylation sites is 1. The fourth-order valence-electron chi connectivity index (χ4n) is 5.57. The maximum absolute atomic E-state index is 12.5. The summed E-state index contributed by atoms with van der Waals surface area (Å²) in [7, 11) is 0. The Morgan fingerprint density at radius 2 is 1.71 bits per heavy atom. The highest BCUT2D eigenvalue weighted by molar-refractivity contribution is 6.01. The second kappa shape index (κ2) is 12.0. The van der Waals surface area contributed by atoms with Crippen LogP contribution in [-0.4, -0.2) is 28.2 Å². The van der Waals surface area contributed by atoms with Gasteiger partial charge in [-0.3, -0.25) is 14.9 Å². The number of fused-ring (bicyclic) bond motifs is 1. The Hall–Kier alpha value is -4.46. The van der Waals surface area contributed by atoms with Gasteiger partial charge in [-0.15, -0.1) is 0 Å². The summed E-state index contributed by atoms with van der Waals surface area (Å²) < 4.78 is 7.79. The van der Waals surface area contributed by atoms with Gasteiger partial charge in [0.15, 0.2) is 12.4 Å². The minimum Gasteiger partial charge on any atom is -0.477 e. The van der Waals surface area contributed by atoms with Crippen molar-refractivity contribution in [3.05, 3.63) is 105 Å². The van der Waals surface area contributed by atoms with Crippen LogP contribution in [0.15, 0.2) is 77.9 Å². The molecule has 0 fully saturated rings. The van der Waals surface area contributed by atoms with Gasteiger partial charge in [0.1, 0.15) is 0 Å². The molecule has 0 aliphatic heterocycles. The quantitative estimate of drug-likeness (QED) is 0.128. The first-order valence-corrected chi connectivity index (χ1v) is 13.7. The lowest BCUT2D eigenvalue weighted by atomic mass is 9.72. The fraction of sp³-hybridized carbons (Fsp3) is 0.333. The molecule has 8 heteroatoms. The average Bonchev–Trinajstić information content (AvgIpc) is 3.17. The summed E-state index contributed by atoms with van der Waals surface area (Å²) in [6, 6.07) is 23.2. The molecule has 1 aromatic heterocycles. The first kappa shape index (κ1) is 29.5. The number of nitrogens with zero attached hydrogens (tertiary/aromatic N) is 3. The van der Waals surface area contributed by atoms with Gasteiger partial charge in [-0.05, 0) is 47.4 Å². The Labute approximate surface area is 241 Å². The summed E-state index contributed by atoms with van der Waals surface area (Å²) in [4.78, 5) is 23.9. The zero-order chi connectivity index (χ0) is 29.8. The van der Waals surface area contributed by atoms with E-state index >= 15 is 0 Å². The Balaban J connectivity index is 1.45. The first-order chi connectivity index (χ1) is 19.4. The highest BCUT2D eigenvalue weighted by atomic mass is 16.6. The van der Waals surface area contributed by atoms with Gasteiger partial charge >= 0.3 is 5.69 Å². The molecule has 214 valence electrons. The molecule has 4 aromatic rings. The molecular formula is C33H38N4O4. The largest absolute Gasteiger partial charge is 0.477 e. The Morgan fingerprint density at radius 1 is 1.02 bits per heavy atom. The molecule has 0 aliphatic carbocycles. The predicted octanol–water partition coefficient (Wildman–Crippen LogP) is 7.15. The van der Waals surface area contributed by atoms with Crippen LogP contribution < -0.4 is 10.2 Å². The third-order valence-corrected chi connectivity index (χ3v) is 7.11. The molecule has 0 atom stereocenters. The molecule has 0 spiro atoms. The summed E-state index contributed by atoms with van der Waals surface area (Å²) in [5.41, 5.74) is 7.15. The van der Waals surface area contributed by atoms with Gasteiger partial charge in [0, 0.05) is 34.8 Å². The molecule has 1 heterocycles. The van der Waals surface area contributed by atoms with Crippen molar-refractivity contribution >= 4 is 28.7 Å². The molecule has 0 aliphatic rings. The standard InChI is InChI=1S/C33H38N4O4/c1-23-27(26-14-10-11-15-28(26)36(23)20-24-12-8-7-9-13-24)19-34-35-31(38)21-41-30-17-16-25(18-29(30)37(39)40)33(5,6)22-32(2,3)4/h7-19H,20-22H2,1-6H3,(H,35,38). The summed E-state index contributed by atoms with van der Waals surface area (Å²) >= 11 is 0. The van der Waals surface area contributed by atoms with Crippen molar-refractivity contribution in [2.24, 2.45) is 10.5 Å². The number of rotatable bonds is 10. The number of aromatic nitrogens is 1. The molecule has 8 nitrogen and oxygen atoms in total. The molecule has 0 unspecified atom stereocenters. The molecule has 0 radical (unpaired) electrons. The lowest BCUT2D eigenvalue weighted by molar-refractivity contribution is -0.385. The second-order valence-corrected chi connectivity index (χ2v) is 12.2. The number of carbonyl (C=O) groups excluding carboxylic acids is 1. The van der Waals surface area contributed by atoms with Crippen molar-refractivity contribution < 1.29 is 14.5 Å². The van der Waals surface area contributed by atoms with E-state index in [0.717, 1.165) is 34.1 Å². The van der Waals surface area contributed by atoms with Crippen LogP contribution >= 0.6 is 0 Å². The Kier molecular flexibility index (Phi) is 8.61. The first-order valence-electron chi connectivity index (χ1n) is 13.7. The Morgan fingerprint density at radius 3 is 2.39 bits per heavy atom. The van der Waals surface area contributed by atoms with E-state index in [0.29, 0.717) is 6.54 Å². The van der Waals surface area contributed by atoms with Crippen molar-refractivity contribution in [1.29, 1.82) is 0 Å². The fourth-order valence-corrected chi connectivity index (χ4v) is 5.57. The lowest BCUT2D eigenvalue weighted by Gasteiger charge is -2.33. The Bertz CT molecular complexity index is 1580. The van der Waals surface area contributed by atoms with Crippen molar-refractivity contribution in [3.63, 3.8) is 0 Å². The monoisotopic (exact) mass is 554 g/mol. The lowest BCUT2D eigenvalue weighted by Crippen LogP contribution is -2.26. The van der Waals surface area contributed by atoms with E-state index in [9.17, 15) is 14.9 Å². The highest BCUT2D eigenvalue weighted by Gasteiger charge is 2.30. The van der Waals surface area contributed by atoms with Crippen molar-refractivity contribution in [2.45, 2.75) is 59.9 Å². The number of hydrogen-bond donors (Lipinski definition) is 1. The van der Waals surface area contributed by atoms with Crippen LogP contribution in [0.4, 0.5) is 5.69 Å². The topological polar surface area (TPSA) is 98.8 Å². The maximum atomic E-state index is 12.5. The van der Waals surface area contributed by atoms with E-state index in [1.807, 2.05) is 49.4 Å². The molecule has 0 saturated carbocycles. The summed E-state index contributed by atoms with van der Waals surface area (Å²) in [6.45, 7) is 12.9. The van der Waals surface area contributed by atoms with Gasteiger partial charge in [0.2, 0.25) is 0 Å². The molecule has 1 N–H and O–H groups in total. The van der Waals surface area contributed by atoms with Crippen LogP contribution in [0.3, 0.4) is 0 Å². The average molecular weight is 555 g/mol. The second-order valence-electron chi connectivity index (χ2n) is 12.2. The number of hydrogen-bond acceptors (Lipinski definition) is 5. The summed E-state index contributed by atoms with van der Waals surface area (Å²) in [5.74, 6) is -0.470. The van der Waals surface area contributed by atoms with Crippen LogP contribution in [0, 0.1) is 22.5 Å². The van der Waals surface area contributed by atoms with Crippen LogP contribution in [0.25, 0.3) is 10.9 Å². The van der Waals surface area contributed by atoms with Gasteiger partial charge in [-0.2, -0.15) is 5.10 Å². The normalized spacial score (nSPS) is 12.1. The third-order valence-electron chi connectivity index (χ3n) is 7.11. The SMILES string of the molecule is Cc1c(C=NNC(=O)COc2ccc(C(C)(C)CC(C)(C)C)cc2[N+](=O)[O-])c2ccccc2n1Cc1ccccc1. The minimum absolute atomic E-state index is 0.0456. The predicted molar refractivity (Wildman–Crippen MR) is 164 cm³/mol. The van der Waals surface area contributed by atoms with Crippen LogP contribution in [-0.2, 0) is 16.8 Å². The van der Waals surface area contributed by atoms with Crippen LogP contribution in [0.2, 0.25) is 0 Å². The van der Waals surface area contributed by atoms with Crippen molar-refractivity contribution in [2.75, 3.05) is 6.61 Å². The summed E-state index contributed by atoms with van der Waals surface area (Å²) in [6.07, 6.45) is 2.48. The number of nitro benzene ring substituents is 1. The number of carbonyl (C=O) groups is 1. The molecule has 0 bridgehead atoms. The highest BCUT2D eigenvalue weighted by Crippen LogP contribution is 2.39. The van der Waals surface area contributed by atoms with Crippen molar-refractivity contribution in [1.82, 2.24) is 9.99 Å². The van der Waals surface area contributed by atoms with E-state index in [2.05, 4.69) is 67.9 Å². The number of nitro groups is 1. The number of amides is 1. The summed E-state index contributed by atoms with van der Waals surface area (Å²) in [5, 5.41) is 17.0. The third kappa shape index (κ3) is 7.20. The molecule has 3 aromatic carbocycles. The van der Waals surface area contributed by atoms with Gasteiger partial charge in [-0.25, -0.2) is 5.43 Å². The molecule has 4 rings (SSSR count). The van der Waals surface area contributed by atoms with E-state index in [1.165, 1.54) is 5.56 Å². The van der Waals surface area contributed by atoms with Gasteiger partial charge < -0.3 is 9.30 Å². The smallest absolute Gasteiger partial charge is 0.311 e. The molecule has 41 heavy (non-hydrogen) atoms. The number of benzene rings is 3. The number of hydrazone groups is 1. The zero-order valence-electron chi connectivity index (χ0n) is 24.6. The van der Waals surface area contributed by atoms with Crippen LogP contribution in [0.5, 0.6) is 5.75 Å². The molecular weight excluding hydrogens is 516 g/mol. The number of ether oxygens (including phenoxy) is 1. The number of nitrogens with one attached hydrogen (secondary N) is 1. The zero-order valence-corrected chi connectivity index (χ0v) is 24.6. The minimum atomic E-state index is -0.515. The van der Waals surface area contributed by atoms with Gasteiger partial charge in [0.05, 0.1) is 11.1 Å². The van der Waals surface area contributed by atoms with Crippen LogP contribution in [0.1, 0.15) is 63.4 Å². The molecule has 1 amide bonds. The van der Waals surface area contributed by atoms with E-state index in [-0.39, 0.29) is 22.3 Å². The van der Waals surface area contributed by atoms with Crippen molar-refractivity contribution in [3.8, 4) is 5.75 Å². The van der Waals surface area contributed by atoms with Gasteiger partial charge in [0.25, 0.3) is 5.91 Å². The maximum Gasteiger partial charge on any atom is 0.311 e. The van der Waals surface area contributed by atoms with E-state index in [1.54, 1.807) is 18.3 Å². The molecule has 0 saturated heterocycles.